The van der Waals surface area contributed by atoms with Crippen LogP contribution in [-0.4, -0.2) is 6.29 Å². The second-order valence-corrected chi connectivity index (χ2v) is 8.66. The van der Waals surface area contributed by atoms with E-state index in [1.165, 1.54) is 21.0 Å². The standard InChI is InChI=1S/C23H21O2P/c1-17(15-24)23(18-9-3-2-4-10-18)25-16-26-21-13-7-5-11-19(21)20-12-6-8-14-22(20)26/h2-15,17,23H,16H2,1H3/t17-,23+/m1/s1. The van der Waals surface area contributed by atoms with E-state index in [0.29, 0.717) is 6.35 Å². The number of hydrogen-bond acceptors (Lipinski definition) is 2. The summed E-state index contributed by atoms with van der Waals surface area (Å²) in [6.45, 7) is 1.93. The van der Waals surface area contributed by atoms with Crippen molar-refractivity contribution in [1.29, 1.82) is 0 Å². The van der Waals surface area contributed by atoms with Gasteiger partial charge in [0, 0.05) is 16.2 Å². The minimum Gasteiger partial charge on any atom is -0.364 e. The number of benzene rings is 3. The lowest BCUT2D eigenvalue weighted by Gasteiger charge is -2.21. The Balaban J connectivity index is 1.73. The highest BCUT2D eigenvalue weighted by molar-refractivity contribution is 7.60. The van der Waals surface area contributed by atoms with Crippen LogP contribution in [0.4, 0.5) is 0 Å². The van der Waals surface area contributed by atoms with Crippen LogP contribution in [0.25, 0.3) is 21.0 Å². The fourth-order valence-electron chi connectivity index (χ4n) is 3.56. The van der Waals surface area contributed by atoms with Gasteiger partial charge in [0.15, 0.2) is 0 Å². The Morgan fingerprint density at radius 2 is 1.38 bits per heavy atom. The fraction of sp³-hybridized carbons (Fsp3) is 0.174. The molecule has 2 nitrogen and oxygen atoms in total. The minimum atomic E-state index is -0.568. The van der Waals surface area contributed by atoms with Crippen molar-refractivity contribution in [3.05, 3.63) is 84.4 Å². The second-order valence-electron chi connectivity index (χ2n) is 6.58. The van der Waals surface area contributed by atoms with E-state index in [-0.39, 0.29) is 12.0 Å². The average molecular weight is 360 g/mol. The van der Waals surface area contributed by atoms with Crippen LogP contribution in [0.3, 0.4) is 0 Å². The number of rotatable bonds is 6. The number of carbonyl (C=O) groups excluding carboxylic acids is 1. The van der Waals surface area contributed by atoms with Crippen LogP contribution in [0.2, 0.25) is 0 Å². The molecule has 0 saturated carbocycles. The summed E-state index contributed by atoms with van der Waals surface area (Å²) in [6.07, 6.45) is 1.40. The lowest BCUT2D eigenvalue weighted by molar-refractivity contribution is -0.115. The predicted molar refractivity (Wildman–Crippen MR) is 110 cm³/mol. The molecule has 0 spiro atoms. The molecular weight excluding hydrogens is 339 g/mol. The van der Waals surface area contributed by atoms with Crippen LogP contribution >= 0.6 is 7.53 Å². The maximum absolute atomic E-state index is 11.4. The monoisotopic (exact) mass is 360 g/mol. The van der Waals surface area contributed by atoms with Crippen molar-refractivity contribution in [3.63, 3.8) is 0 Å². The van der Waals surface area contributed by atoms with E-state index in [1.807, 2.05) is 37.3 Å². The molecule has 0 amide bonds. The van der Waals surface area contributed by atoms with E-state index >= 15 is 0 Å². The van der Waals surface area contributed by atoms with Crippen molar-refractivity contribution < 1.29 is 9.53 Å². The average Bonchev–Trinajstić information content (AvgIpc) is 3.03. The summed E-state index contributed by atoms with van der Waals surface area (Å²) in [7, 11) is -0.568. The summed E-state index contributed by atoms with van der Waals surface area (Å²) in [5, 5.41) is 5.37. The van der Waals surface area contributed by atoms with Crippen LogP contribution in [0.1, 0.15) is 18.6 Å². The quantitative estimate of drug-likeness (QED) is 0.365. The van der Waals surface area contributed by atoms with E-state index in [0.717, 1.165) is 11.8 Å². The third kappa shape index (κ3) is 3.07. The Labute approximate surface area is 154 Å². The zero-order valence-corrected chi connectivity index (χ0v) is 15.6. The van der Waals surface area contributed by atoms with Crippen LogP contribution in [0, 0.1) is 5.92 Å². The Bertz CT molecular complexity index is 983. The maximum atomic E-state index is 11.4. The van der Waals surface area contributed by atoms with E-state index in [1.54, 1.807) is 0 Å². The van der Waals surface area contributed by atoms with Gasteiger partial charge in [-0.15, -0.1) is 0 Å². The van der Waals surface area contributed by atoms with Gasteiger partial charge >= 0.3 is 0 Å². The van der Waals surface area contributed by atoms with Gasteiger partial charge in [0.25, 0.3) is 0 Å². The topological polar surface area (TPSA) is 26.3 Å². The van der Waals surface area contributed by atoms with Crippen LogP contribution in [0.5, 0.6) is 0 Å². The molecule has 0 fully saturated rings. The van der Waals surface area contributed by atoms with Gasteiger partial charge in [-0.25, -0.2) is 0 Å². The molecule has 0 aliphatic carbocycles. The van der Waals surface area contributed by atoms with Gasteiger partial charge in [-0.05, 0) is 16.3 Å². The molecule has 0 N–H and O–H groups in total. The maximum Gasteiger partial charge on any atom is 0.125 e. The van der Waals surface area contributed by atoms with Gasteiger partial charge in [0.1, 0.15) is 6.29 Å². The first-order chi connectivity index (χ1) is 12.8. The molecule has 3 aromatic carbocycles. The fourth-order valence-corrected chi connectivity index (χ4v) is 5.91. The first kappa shape index (κ1) is 17.0. The van der Waals surface area contributed by atoms with Gasteiger partial charge in [0.2, 0.25) is 0 Å². The highest BCUT2D eigenvalue weighted by Crippen LogP contribution is 2.50. The van der Waals surface area contributed by atoms with E-state index in [2.05, 4.69) is 48.5 Å². The van der Waals surface area contributed by atoms with Crippen molar-refractivity contribution in [1.82, 2.24) is 0 Å². The zero-order chi connectivity index (χ0) is 17.9. The molecular formula is C23H21O2P. The van der Waals surface area contributed by atoms with Crippen molar-refractivity contribution in [2.24, 2.45) is 5.92 Å². The number of aldehydes is 1. The Kier molecular flexibility index (Phi) is 4.88. The SMILES string of the molecule is C[C@H](C=O)[C@H](OCp1c2ccccc2c2ccccc21)c1ccccc1. The molecule has 26 heavy (non-hydrogen) atoms. The molecule has 3 heteroatoms. The summed E-state index contributed by atoms with van der Waals surface area (Å²) in [4.78, 5) is 11.4. The predicted octanol–water partition coefficient (Wildman–Crippen LogP) is 6.53. The Hall–Kier alpha value is -2.41. The molecule has 4 rings (SSSR count). The number of ether oxygens (including phenoxy) is 1. The van der Waals surface area contributed by atoms with Gasteiger partial charge in [-0.2, -0.15) is 0 Å². The van der Waals surface area contributed by atoms with Crippen LogP contribution < -0.4 is 0 Å². The van der Waals surface area contributed by atoms with Crippen molar-refractivity contribution >= 4 is 34.8 Å². The molecule has 1 aromatic heterocycles. The molecule has 130 valence electrons. The van der Waals surface area contributed by atoms with Gasteiger partial charge < -0.3 is 9.53 Å². The highest BCUT2D eigenvalue weighted by Gasteiger charge is 2.21. The minimum absolute atomic E-state index is 0.180. The van der Waals surface area contributed by atoms with Crippen LogP contribution in [0.15, 0.2) is 78.9 Å². The summed E-state index contributed by atoms with van der Waals surface area (Å²) in [5.41, 5.74) is 1.06. The normalized spacial score (nSPS) is 13.7. The third-order valence-corrected chi connectivity index (χ3v) is 7.23. The van der Waals surface area contributed by atoms with E-state index in [9.17, 15) is 4.79 Å². The molecule has 2 atom stereocenters. The summed E-state index contributed by atoms with van der Waals surface area (Å²) >= 11 is 0. The third-order valence-electron chi connectivity index (χ3n) is 4.88. The Morgan fingerprint density at radius 3 is 1.96 bits per heavy atom. The summed E-state index contributed by atoms with van der Waals surface area (Å²) < 4.78 is 6.38. The summed E-state index contributed by atoms with van der Waals surface area (Å²) in [5.74, 6) is -0.180. The van der Waals surface area contributed by atoms with Crippen molar-refractivity contribution in [3.8, 4) is 0 Å². The molecule has 0 bridgehead atoms. The molecule has 0 aliphatic rings. The van der Waals surface area contributed by atoms with E-state index in [4.69, 9.17) is 4.74 Å². The molecule has 0 saturated heterocycles. The smallest absolute Gasteiger partial charge is 0.125 e. The molecule has 0 radical (unpaired) electrons. The number of fused-ring (bicyclic) bond motifs is 3. The van der Waals surface area contributed by atoms with Gasteiger partial charge in [-0.1, -0.05) is 93.3 Å². The highest BCUT2D eigenvalue weighted by atomic mass is 31.1. The lowest BCUT2D eigenvalue weighted by Crippen LogP contribution is -2.13. The molecule has 4 aromatic rings. The van der Waals surface area contributed by atoms with Gasteiger partial charge in [0.05, 0.1) is 12.5 Å². The molecule has 1 heterocycles. The molecule has 0 unspecified atom stereocenters. The lowest BCUT2D eigenvalue weighted by atomic mass is 9.99. The first-order valence-corrected chi connectivity index (χ1v) is 10.4. The second kappa shape index (κ2) is 7.45. The van der Waals surface area contributed by atoms with Gasteiger partial charge in [-0.3, -0.25) is 0 Å². The largest absolute Gasteiger partial charge is 0.364 e. The Morgan fingerprint density at radius 1 is 0.846 bits per heavy atom. The van der Waals surface area contributed by atoms with Crippen LogP contribution in [-0.2, 0) is 15.9 Å². The number of carbonyl (C=O) groups is 1. The zero-order valence-electron chi connectivity index (χ0n) is 14.7. The first-order valence-electron chi connectivity index (χ1n) is 8.87. The summed E-state index contributed by atoms with van der Waals surface area (Å²) in [6, 6.07) is 27.2. The number of hydrogen-bond donors (Lipinski definition) is 0. The van der Waals surface area contributed by atoms with Crippen molar-refractivity contribution in [2.75, 3.05) is 0 Å². The van der Waals surface area contributed by atoms with E-state index < -0.39 is 7.53 Å². The van der Waals surface area contributed by atoms with Crippen molar-refractivity contribution in [2.45, 2.75) is 19.4 Å². The molecule has 0 aliphatic heterocycles.